The van der Waals surface area contributed by atoms with Crippen molar-refractivity contribution < 1.29 is 9.53 Å². The molecule has 2 aromatic carbocycles. The van der Waals surface area contributed by atoms with Crippen molar-refractivity contribution in [1.29, 1.82) is 0 Å². The van der Waals surface area contributed by atoms with Crippen molar-refractivity contribution in [2.45, 2.75) is 16.7 Å². The Morgan fingerprint density at radius 3 is 2.60 bits per heavy atom. The highest BCUT2D eigenvalue weighted by atomic mass is 127. The van der Waals surface area contributed by atoms with Crippen LogP contribution >= 0.6 is 50.3 Å². The number of carbonyl (C=O) groups is 1. The molecule has 0 N–H and O–H groups in total. The SMILES string of the molecule is CCOC(=O)c1cc(Br)ccc1Sc1ccc(I)cc1. The standard InChI is InChI=1S/C15H12BrIO2S/c1-2-19-15(18)13-9-10(16)3-8-14(13)20-12-6-4-11(17)5-7-12/h3-9H,2H2,1H3. The van der Waals surface area contributed by atoms with Crippen molar-refractivity contribution in [2.24, 2.45) is 0 Å². The quantitative estimate of drug-likeness (QED) is 0.450. The molecule has 5 heteroatoms. The number of ether oxygens (including phenoxy) is 1. The number of hydrogen-bond acceptors (Lipinski definition) is 3. The largest absolute Gasteiger partial charge is 0.462 e. The minimum Gasteiger partial charge on any atom is -0.462 e. The van der Waals surface area contributed by atoms with E-state index in [1.165, 1.54) is 3.57 Å². The Balaban J connectivity index is 2.31. The predicted octanol–water partition coefficient (Wildman–Crippen LogP) is 5.38. The van der Waals surface area contributed by atoms with Crippen LogP contribution in [-0.4, -0.2) is 12.6 Å². The van der Waals surface area contributed by atoms with Crippen molar-refractivity contribution in [3.8, 4) is 0 Å². The van der Waals surface area contributed by atoms with Gasteiger partial charge in [0.25, 0.3) is 0 Å². The molecule has 2 aromatic rings. The first-order valence-electron chi connectivity index (χ1n) is 6.00. The molecule has 0 spiro atoms. The number of halogens is 2. The summed E-state index contributed by atoms with van der Waals surface area (Å²) in [4.78, 5) is 14.0. The highest BCUT2D eigenvalue weighted by Crippen LogP contribution is 2.32. The van der Waals surface area contributed by atoms with E-state index in [2.05, 4.69) is 38.5 Å². The minimum atomic E-state index is -0.290. The Kier molecular flexibility index (Phi) is 5.92. The van der Waals surface area contributed by atoms with Gasteiger partial charge in [-0.1, -0.05) is 27.7 Å². The molecule has 0 saturated carbocycles. The lowest BCUT2D eigenvalue weighted by atomic mass is 10.2. The van der Waals surface area contributed by atoms with Crippen LogP contribution in [0.4, 0.5) is 0 Å². The van der Waals surface area contributed by atoms with Crippen LogP contribution in [0.1, 0.15) is 17.3 Å². The Morgan fingerprint density at radius 1 is 1.25 bits per heavy atom. The third kappa shape index (κ3) is 4.23. The zero-order chi connectivity index (χ0) is 14.5. The van der Waals surface area contributed by atoms with E-state index in [1.807, 2.05) is 43.3 Å². The van der Waals surface area contributed by atoms with Gasteiger partial charge in [0.05, 0.1) is 12.2 Å². The zero-order valence-electron chi connectivity index (χ0n) is 10.7. The van der Waals surface area contributed by atoms with Gasteiger partial charge in [-0.25, -0.2) is 4.79 Å². The summed E-state index contributed by atoms with van der Waals surface area (Å²) in [7, 11) is 0. The third-order valence-electron chi connectivity index (χ3n) is 2.48. The molecule has 2 nitrogen and oxygen atoms in total. The number of hydrogen-bond donors (Lipinski definition) is 0. The van der Waals surface area contributed by atoms with E-state index >= 15 is 0 Å². The number of esters is 1. The van der Waals surface area contributed by atoms with Crippen molar-refractivity contribution in [3.05, 3.63) is 56.1 Å². The summed E-state index contributed by atoms with van der Waals surface area (Å²) in [5, 5.41) is 0. The molecule has 104 valence electrons. The van der Waals surface area contributed by atoms with Gasteiger partial charge in [-0.2, -0.15) is 0 Å². The van der Waals surface area contributed by atoms with Crippen molar-refractivity contribution in [2.75, 3.05) is 6.61 Å². The summed E-state index contributed by atoms with van der Waals surface area (Å²) in [6.45, 7) is 2.18. The van der Waals surface area contributed by atoms with Gasteiger partial charge in [0.15, 0.2) is 0 Å². The lowest BCUT2D eigenvalue weighted by molar-refractivity contribution is 0.0522. The van der Waals surface area contributed by atoms with E-state index in [4.69, 9.17) is 4.74 Å². The van der Waals surface area contributed by atoms with Crippen molar-refractivity contribution >= 4 is 56.3 Å². The summed E-state index contributed by atoms with van der Waals surface area (Å²) >= 11 is 7.22. The second-order valence-electron chi connectivity index (χ2n) is 3.92. The Labute approximate surface area is 144 Å². The molecule has 0 aliphatic carbocycles. The fraction of sp³-hybridized carbons (Fsp3) is 0.133. The first-order chi connectivity index (χ1) is 9.60. The summed E-state index contributed by atoms with van der Waals surface area (Å²) in [6.07, 6.45) is 0. The fourth-order valence-electron chi connectivity index (χ4n) is 1.59. The van der Waals surface area contributed by atoms with Gasteiger partial charge in [-0.3, -0.25) is 0 Å². The lowest BCUT2D eigenvalue weighted by Gasteiger charge is -2.09. The minimum absolute atomic E-state index is 0.290. The molecular formula is C15H12BrIO2S. The number of carbonyl (C=O) groups excluding carboxylic acids is 1. The van der Waals surface area contributed by atoms with Crippen LogP contribution in [0.25, 0.3) is 0 Å². The summed E-state index contributed by atoms with van der Waals surface area (Å²) in [5.74, 6) is -0.290. The first kappa shape index (κ1) is 15.9. The van der Waals surface area contributed by atoms with Gasteiger partial charge >= 0.3 is 5.97 Å². The van der Waals surface area contributed by atoms with Gasteiger partial charge in [0, 0.05) is 17.8 Å². The molecule has 0 atom stereocenters. The van der Waals surface area contributed by atoms with Crippen LogP contribution in [0.3, 0.4) is 0 Å². The van der Waals surface area contributed by atoms with E-state index in [-0.39, 0.29) is 5.97 Å². The number of benzene rings is 2. The maximum Gasteiger partial charge on any atom is 0.339 e. The monoisotopic (exact) mass is 462 g/mol. The summed E-state index contributed by atoms with van der Waals surface area (Å²) in [6, 6.07) is 13.8. The second kappa shape index (κ2) is 7.47. The Morgan fingerprint density at radius 2 is 1.95 bits per heavy atom. The van der Waals surface area contributed by atoms with Crippen LogP contribution in [0.15, 0.2) is 56.7 Å². The summed E-state index contributed by atoms with van der Waals surface area (Å²) in [5.41, 5.74) is 0.588. The maximum absolute atomic E-state index is 12.0. The first-order valence-corrected chi connectivity index (χ1v) is 8.69. The van der Waals surface area contributed by atoms with Gasteiger partial charge in [0.1, 0.15) is 0 Å². The zero-order valence-corrected chi connectivity index (χ0v) is 15.3. The third-order valence-corrected chi connectivity index (χ3v) is 4.77. The fourth-order valence-corrected chi connectivity index (χ4v) is 3.22. The Bertz CT molecular complexity index is 614. The molecule has 2 rings (SSSR count). The second-order valence-corrected chi connectivity index (χ2v) is 7.19. The molecule has 0 bridgehead atoms. The van der Waals surface area contributed by atoms with Crippen molar-refractivity contribution in [3.63, 3.8) is 0 Å². The molecule has 0 aromatic heterocycles. The molecule has 0 unspecified atom stereocenters. The molecule has 0 radical (unpaired) electrons. The van der Waals surface area contributed by atoms with Crippen LogP contribution in [0.2, 0.25) is 0 Å². The van der Waals surface area contributed by atoms with Crippen LogP contribution in [-0.2, 0) is 4.74 Å². The van der Waals surface area contributed by atoms with E-state index < -0.39 is 0 Å². The predicted molar refractivity (Wildman–Crippen MR) is 93.4 cm³/mol. The van der Waals surface area contributed by atoms with E-state index in [0.29, 0.717) is 12.2 Å². The van der Waals surface area contributed by atoms with E-state index in [0.717, 1.165) is 14.3 Å². The molecule has 0 fully saturated rings. The van der Waals surface area contributed by atoms with Crippen LogP contribution < -0.4 is 0 Å². The Hall–Kier alpha value is -0.530. The smallest absolute Gasteiger partial charge is 0.339 e. The molecule has 0 aliphatic heterocycles. The van der Waals surface area contributed by atoms with Gasteiger partial charge in [0.2, 0.25) is 0 Å². The lowest BCUT2D eigenvalue weighted by Crippen LogP contribution is -2.06. The molecule has 0 saturated heterocycles. The molecule has 0 aliphatic rings. The molecule has 0 amide bonds. The normalized spacial score (nSPS) is 10.3. The van der Waals surface area contributed by atoms with E-state index in [1.54, 1.807) is 17.8 Å². The van der Waals surface area contributed by atoms with Crippen LogP contribution in [0, 0.1) is 3.57 Å². The molecular weight excluding hydrogens is 451 g/mol. The number of rotatable bonds is 4. The van der Waals surface area contributed by atoms with E-state index in [9.17, 15) is 4.79 Å². The molecule has 20 heavy (non-hydrogen) atoms. The van der Waals surface area contributed by atoms with Gasteiger partial charge in [-0.05, 0) is 72.0 Å². The topological polar surface area (TPSA) is 26.3 Å². The van der Waals surface area contributed by atoms with Crippen LogP contribution in [0.5, 0.6) is 0 Å². The summed E-state index contributed by atoms with van der Waals surface area (Å²) < 4.78 is 7.16. The highest BCUT2D eigenvalue weighted by molar-refractivity contribution is 14.1. The maximum atomic E-state index is 12.0. The molecule has 0 heterocycles. The van der Waals surface area contributed by atoms with Gasteiger partial charge in [-0.15, -0.1) is 0 Å². The highest BCUT2D eigenvalue weighted by Gasteiger charge is 2.14. The van der Waals surface area contributed by atoms with Crippen molar-refractivity contribution in [1.82, 2.24) is 0 Å². The average molecular weight is 463 g/mol. The average Bonchev–Trinajstić information content (AvgIpc) is 2.43. The van der Waals surface area contributed by atoms with Gasteiger partial charge < -0.3 is 4.74 Å².